The van der Waals surface area contributed by atoms with Gasteiger partial charge in [-0.05, 0) is 78.6 Å². The Morgan fingerprint density at radius 1 is 0.582 bits per heavy atom. The van der Waals surface area contributed by atoms with Crippen molar-refractivity contribution in [3.05, 3.63) is 121 Å². The van der Waals surface area contributed by atoms with Gasteiger partial charge in [0.2, 0.25) is 0 Å². The molecule has 2 aliphatic heterocycles. The Hall–Kier alpha value is -5.11. The summed E-state index contributed by atoms with van der Waals surface area (Å²) < 4.78 is 0. The largest absolute Gasteiger partial charge is 0.371 e. The van der Waals surface area contributed by atoms with Crippen molar-refractivity contribution in [2.45, 2.75) is 84.3 Å². The van der Waals surface area contributed by atoms with E-state index in [0.717, 1.165) is 59.5 Å². The maximum absolute atomic E-state index is 11.6. The van der Waals surface area contributed by atoms with Crippen LogP contribution in [0.1, 0.15) is 67.2 Å². The second-order valence-electron chi connectivity index (χ2n) is 16.9. The quantitative estimate of drug-likeness (QED) is 0.182. The number of carbonyl (C=O) groups excluding carboxylic acids is 1. The standard InChI is InChI=1S/C24H29N3.C20H18N2O.C4H11N/c1-24(2,3)26-19-13-15-27(16-14-19)23-17-22(18-9-5-4-6-10-18)25-21-12-8-7-11-20(21)23;23-16-10-12-22(13-11-16)20-14-19(15-6-2-1-3-7-15)21-18-9-5-4-8-17(18)20;1-4(2,3)5/h4-12,17,19,26H,13-16H2,1-3H3;1-9,14H,10-13H2;5H2,1-3H3. The zero-order valence-electron chi connectivity index (χ0n) is 33.6. The number of piperidine rings is 2. The molecule has 4 heterocycles. The third-order valence-corrected chi connectivity index (χ3v) is 9.66. The van der Waals surface area contributed by atoms with Crippen molar-refractivity contribution in [2.75, 3.05) is 36.0 Å². The van der Waals surface area contributed by atoms with Gasteiger partial charge < -0.3 is 20.9 Å². The third kappa shape index (κ3) is 11.2. The van der Waals surface area contributed by atoms with Crippen molar-refractivity contribution in [2.24, 2.45) is 5.73 Å². The number of rotatable bonds is 5. The molecule has 0 unspecified atom stereocenters. The van der Waals surface area contributed by atoms with E-state index in [2.05, 4.69) is 127 Å². The van der Waals surface area contributed by atoms with Crippen LogP contribution in [0.3, 0.4) is 0 Å². The molecule has 0 spiro atoms. The summed E-state index contributed by atoms with van der Waals surface area (Å²) in [5.74, 6) is 0.364. The summed E-state index contributed by atoms with van der Waals surface area (Å²) in [5.41, 5.74) is 14.4. The van der Waals surface area contributed by atoms with Crippen molar-refractivity contribution >= 4 is 39.0 Å². The molecule has 6 aromatic rings. The fourth-order valence-electron chi connectivity index (χ4n) is 7.23. The highest BCUT2D eigenvalue weighted by Crippen LogP contribution is 2.34. The number of fused-ring (bicyclic) bond motifs is 2. The average Bonchev–Trinajstić information content (AvgIpc) is 3.17. The molecule has 286 valence electrons. The van der Waals surface area contributed by atoms with Crippen molar-refractivity contribution in [3.8, 4) is 22.5 Å². The number of hydrogen-bond donors (Lipinski definition) is 2. The van der Waals surface area contributed by atoms with Crippen LogP contribution in [0.5, 0.6) is 0 Å². The molecule has 4 aromatic carbocycles. The highest BCUT2D eigenvalue weighted by molar-refractivity contribution is 5.96. The molecule has 7 heteroatoms. The Labute approximate surface area is 328 Å². The summed E-state index contributed by atoms with van der Waals surface area (Å²) in [7, 11) is 0. The van der Waals surface area contributed by atoms with Gasteiger partial charge in [-0.15, -0.1) is 0 Å². The summed E-state index contributed by atoms with van der Waals surface area (Å²) >= 11 is 0. The minimum atomic E-state index is 0. The van der Waals surface area contributed by atoms with E-state index in [0.29, 0.717) is 24.7 Å². The molecule has 55 heavy (non-hydrogen) atoms. The van der Waals surface area contributed by atoms with E-state index in [1.165, 1.54) is 35.2 Å². The van der Waals surface area contributed by atoms with Gasteiger partial charge in [0.25, 0.3) is 0 Å². The van der Waals surface area contributed by atoms with Gasteiger partial charge in [0.1, 0.15) is 5.78 Å². The van der Waals surface area contributed by atoms with Gasteiger partial charge in [-0.1, -0.05) is 97.1 Å². The molecule has 0 aliphatic carbocycles. The minimum absolute atomic E-state index is 0. The van der Waals surface area contributed by atoms with E-state index in [1.807, 2.05) is 51.1 Å². The molecule has 0 amide bonds. The fourth-order valence-corrected chi connectivity index (χ4v) is 7.23. The van der Waals surface area contributed by atoms with Gasteiger partial charge in [0, 0.05) is 89.4 Å². The van der Waals surface area contributed by atoms with Gasteiger partial charge in [-0.3, -0.25) is 4.79 Å². The molecule has 0 bridgehead atoms. The Morgan fingerprint density at radius 2 is 0.964 bits per heavy atom. The zero-order chi connectivity index (χ0) is 39.0. The number of para-hydroxylation sites is 2. The average molecular weight is 735 g/mol. The predicted octanol–water partition coefficient (Wildman–Crippen LogP) is 10.1. The van der Waals surface area contributed by atoms with E-state index in [9.17, 15) is 4.79 Å². The van der Waals surface area contributed by atoms with Crippen LogP contribution in [0.2, 0.25) is 0 Å². The molecular formula is C48H58N6O. The Bertz CT molecular complexity index is 2150. The van der Waals surface area contributed by atoms with E-state index in [4.69, 9.17) is 15.7 Å². The van der Waals surface area contributed by atoms with Crippen LogP contribution in [0.15, 0.2) is 121 Å². The number of hydrogen-bond acceptors (Lipinski definition) is 7. The first-order chi connectivity index (χ1) is 26.3. The summed E-state index contributed by atoms with van der Waals surface area (Å²) in [6, 6.07) is 42.5. The van der Waals surface area contributed by atoms with Crippen LogP contribution in [0.25, 0.3) is 44.3 Å². The van der Waals surface area contributed by atoms with Gasteiger partial charge in [0.05, 0.1) is 22.4 Å². The molecule has 2 aliphatic rings. The van der Waals surface area contributed by atoms with Gasteiger partial charge in [-0.2, -0.15) is 0 Å². The first-order valence-electron chi connectivity index (χ1n) is 19.8. The maximum Gasteiger partial charge on any atom is 0.136 e. The predicted molar refractivity (Wildman–Crippen MR) is 233 cm³/mol. The van der Waals surface area contributed by atoms with E-state index >= 15 is 0 Å². The highest BCUT2D eigenvalue weighted by atomic mass is 16.1. The molecule has 2 fully saturated rings. The van der Waals surface area contributed by atoms with Crippen LogP contribution in [-0.2, 0) is 4.79 Å². The van der Waals surface area contributed by atoms with E-state index in [1.54, 1.807) is 0 Å². The third-order valence-electron chi connectivity index (χ3n) is 9.66. The molecular weight excluding hydrogens is 677 g/mol. The zero-order valence-corrected chi connectivity index (χ0v) is 33.6. The van der Waals surface area contributed by atoms with Crippen molar-refractivity contribution in [1.29, 1.82) is 0 Å². The molecule has 7 nitrogen and oxygen atoms in total. The molecule has 8 rings (SSSR count). The summed E-state index contributed by atoms with van der Waals surface area (Å²) in [6.07, 6.45) is 3.62. The van der Waals surface area contributed by atoms with Crippen molar-refractivity contribution in [3.63, 3.8) is 0 Å². The molecule has 3 N–H and O–H groups in total. The topological polar surface area (TPSA) is 87.4 Å². The molecule has 2 aromatic heterocycles. The molecule has 2 saturated heterocycles. The number of carbonyl (C=O) groups is 1. The smallest absolute Gasteiger partial charge is 0.136 e. The lowest BCUT2D eigenvalue weighted by Gasteiger charge is -2.37. The van der Waals surface area contributed by atoms with Crippen molar-refractivity contribution in [1.82, 2.24) is 15.3 Å². The number of benzene rings is 4. The van der Waals surface area contributed by atoms with Gasteiger partial charge in [0.15, 0.2) is 0 Å². The Balaban J connectivity index is 0.000000168. The van der Waals surface area contributed by atoms with Crippen molar-refractivity contribution < 1.29 is 4.79 Å². The maximum atomic E-state index is 11.6. The van der Waals surface area contributed by atoms with Gasteiger partial charge >= 0.3 is 0 Å². The number of Topliss-reactive ketones (excluding diaryl/α,β-unsaturated/α-hetero) is 1. The lowest BCUT2D eigenvalue weighted by atomic mass is 9.98. The number of anilines is 2. The normalized spacial score (nSPS) is 15.3. The number of pyridine rings is 2. The first-order valence-corrected chi connectivity index (χ1v) is 19.8. The fraction of sp³-hybridized carbons (Fsp3) is 0.354. The first kappa shape index (κ1) is 39.6. The summed E-state index contributed by atoms with van der Waals surface area (Å²) in [4.78, 5) is 26.2. The second kappa shape index (κ2) is 17.6. The number of nitrogens with one attached hydrogen (secondary N) is 1. The molecule has 0 radical (unpaired) electrons. The van der Waals surface area contributed by atoms with Crippen LogP contribution < -0.4 is 20.9 Å². The number of nitrogens with zero attached hydrogens (tertiary/aromatic N) is 4. The number of ketones is 1. The number of nitrogens with two attached hydrogens (primary N) is 1. The Kier molecular flexibility index (Phi) is 12.6. The second-order valence-corrected chi connectivity index (χ2v) is 16.9. The van der Waals surface area contributed by atoms with E-state index < -0.39 is 0 Å². The minimum Gasteiger partial charge on any atom is -0.371 e. The lowest BCUT2D eigenvalue weighted by Crippen LogP contribution is -2.49. The van der Waals surface area contributed by atoms with Crippen LogP contribution in [-0.4, -0.2) is 59.0 Å². The molecule has 0 atom stereocenters. The molecule has 0 saturated carbocycles. The van der Waals surface area contributed by atoms with Gasteiger partial charge in [-0.25, -0.2) is 9.97 Å². The SMILES string of the molecule is CC(C)(C)N.CC(C)(C)NC1CCN(c2cc(-c3ccccc3)nc3ccccc23)CC1.O=C1CCN(c2cc(-c3ccccc3)nc3ccccc23)CC1. The van der Waals surface area contributed by atoms with Crippen LogP contribution in [0, 0.1) is 0 Å². The monoisotopic (exact) mass is 734 g/mol. The number of aromatic nitrogens is 2. The van der Waals surface area contributed by atoms with Crippen LogP contribution >= 0.6 is 0 Å². The van der Waals surface area contributed by atoms with E-state index in [-0.39, 0.29) is 11.1 Å². The Morgan fingerprint density at radius 3 is 1.38 bits per heavy atom. The summed E-state index contributed by atoms with van der Waals surface area (Å²) in [6.45, 7) is 16.4. The lowest BCUT2D eigenvalue weighted by molar-refractivity contribution is -0.119. The van der Waals surface area contributed by atoms with Crippen LogP contribution in [0.4, 0.5) is 11.4 Å². The summed E-state index contributed by atoms with van der Waals surface area (Å²) in [5, 5.41) is 6.17. The highest BCUT2D eigenvalue weighted by Gasteiger charge is 2.25.